The minimum Gasteiger partial charge on any atom is -0.309 e. The molecule has 3 aliphatic carbocycles. The fourth-order valence-electron chi connectivity index (χ4n) is 25.9. The minimum absolute atomic E-state index is 0.127. The van der Waals surface area contributed by atoms with Gasteiger partial charge in [-0.2, -0.15) is 0 Å². The van der Waals surface area contributed by atoms with E-state index in [0.29, 0.717) is 0 Å². The molecule has 0 saturated heterocycles. The van der Waals surface area contributed by atoms with Crippen LogP contribution >= 0.6 is 0 Å². The summed E-state index contributed by atoms with van der Waals surface area (Å²) in [6.45, 7) is 14.3. The van der Waals surface area contributed by atoms with E-state index in [9.17, 15) is 0 Å². The fraction of sp³-hybridized carbons (Fsp3) is 0.0647. The van der Waals surface area contributed by atoms with E-state index in [-0.39, 0.29) is 16.2 Å². The Labute approximate surface area is 840 Å². The van der Waals surface area contributed by atoms with Crippen LogP contribution in [0.5, 0.6) is 0 Å². The minimum atomic E-state index is -0.160. The molecule has 0 amide bonds. The molecule has 6 nitrogen and oxygen atoms in total. The highest BCUT2D eigenvalue weighted by atomic mass is 15.0. The van der Waals surface area contributed by atoms with Gasteiger partial charge in [-0.15, -0.1) is 0 Å². The largest absolute Gasteiger partial charge is 0.309 e. The lowest BCUT2D eigenvalue weighted by Gasteiger charge is -2.22. The number of hydrogen-bond donors (Lipinski definition) is 0. The average Bonchev–Trinajstić information content (AvgIpc) is 1.56. The maximum Gasteiger partial charge on any atom is 0.0547 e. The molecule has 0 unspecified atom stereocenters. The van der Waals surface area contributed by atoms with Gasteiger partial charge in [-0.05, 0) is 257 Å². The number of fused-ring (bicyclic) bond motifs is 29. The van der Waals surface area contributed by atoms with Gasteiger partial charge >= 0.3 is 0 Å². The molecule has 0 aliphatic heterocycles. The zero-order valence-electron chi connectivity index (χ0n) is 81.4. The second-order valence-electron chi connectivity index (χ2n) is 41.3. The van der Waals surface area contributed by atoms with Crippen molar-refractivity contribution in [2.75, 3.05) is 0 Å². The average molecular weight is 1850 g/mol. The van der Waals surface area contributed by atoms with Gasteiger partial charge in [0.05, 0.1) is 66.2 Å². The molecule has 684 valence electrons. The van der Waals surface area contributed by atoms with Crippen molar-refractivity contribution in [2.24, 2.45) is 0 Å². The van der Waals surface area contributed by atoms with Crippen LogP contribution in [0.1, 0.15) is 74.9 Å². The van der Waals surface area contributed by atoms with Crippen molar-refractivity contribution < 1.29 is 0 Å². The zero-order valence-corrected chi connectivity index (χ0v) is 81.4. The highest BCUT2D eigenvalue weighted by molar-refractivity contribution is 6.22. The fourth-order valence-corrected chi connectivity index (χ4v) is 25.9. The van der Waals surface area contributed by atoms with Crippen molar-refractivity contribution in [3.8, 4) is 101 Å². The van der Waals surface area contributed by atoms with E-state index in [2.05, 4.69) is 554 Å². The van der Waals surface area contributed by atoms with Crippen LogP contribution in [-0.2, 0) is 16.2 Å². The van der Waals surface area contributed by atoms with Gasteiger partial charge in [-0.3, -0.25) is 0 Å². The summed E-state index contributed by atoms with van der Waals surface area (Å²) in [7, 11) is 0. The smallest absolute Gasteiger partial charge is 0.0547 e. The van der Waals surface area contributed by atoms with E-state index < -0.39 is 0 Å². The van der Waals surface area contributed by atoms with Crippen molar-refractivity contribution in [2.45, 2.75) is 57.8 Å². The highest BCUT2D eigenvalue weighted by Gasteiger charge is 2.42. The molecule has 0 spiro atoms. The van der Waals surface area contributed by atoms with Gasteiger partial charge in [0, 0.05) is 115 Å². The van der Waals surface area contributed by atoms with Crippen molar-refractivity contribution >= 4 is 142 Å². The van der Waals surface area contributed by atoms with E-state index in [1.807, 2.05) is 0 Å². The Balaban J connectivity index is 0.000000103. The second kappa shape index (κ2) is 32.0. The normalized spacial score (nSPS) is 13.5. The lowest BCUT2D eigenvalue weighted by atomic mass is 9.82. The number of benzene rings is 22. The molecule has 31 rings (SSSR count). The molecule has 28 aromatic rings. The monoisotopic (exact) mass is 1850 g/mol. The Morgan fingerprint density at radius 1 is 0.138 bits per heavy atom. The third kappa shape index (κ3) is 12.5. The summed E-state index contributed by atoms with van der Waals surface area (Å²) in [6.07, 6.45) is 0. The first-order valence-corrected chi connectivity index (χ1v) is 50.8. The quantitative estimate of drug-likeness (QED) is 0.138. The van der Waals surface area contributed by atoms with Gasteiger partial charge in [0.15, 0.2) is 0 Å². The Kier molecular flexibility index (Phi) is 18.5. The van der Waals surface area contributed by atoms with E-state index in [0.717, 1.165) is 0 Å². The number of nitrogens with zero attached hydrogens (tertiary/aromatic N) is 6. The molecular formula is C139H98N6. The summed E-state index contributed by atoms with van der Waals surface area (Å²) >= 11 is 0. The second-order valence-corrected chi connectivity index (χ2v) is 41.3. The summed E-state index contributed by atoms with van der Waals surface area (Å²) in [5, 5.41) is 18.0. The van der Waals surface area contributed by atoms with E-state index in [1.54, 1.807) is 0 Å². The van der Waals surface area contributed by atoms with Crippen molar-refractivity contribution in [3.63, 3.8) is 0 Å². The Morgan fingerprint density at radius 2 is 0.372 bits per heavy atom. The van der Waals surface area contributed by atoms with E-state index >= 15 is 0 Å². The van der Waals surface area contributed by atoms with Gasteiger partial charge in [0.1, 0.15) is 0 Å². The Bertz CT molecular complexity index is 10100. The molecule has 6 heterocycles. The number of hydrogen-bond acceptors (Lipinski definition) is 0. The molecule has 22 aromatic carbocycles. The van der Waals surface area contributed by atoms with Gasteiger partial charge in [0.2, 0.25) is 0 Å². The molecule has 0 bridgehead atoms. The number of aromatic nitrogens is 6. The van der Waals surface area contributed by atoms with Gasteiger partial charge in [0.25, 0.3) is 0 Å². The van der Waals surface area contributed by atoms with Crippen LogP contribution in [0.15, 0.2) is 485 Å². The summed E-state index contributed by atoms with van der Waals surface area (Å²) in [6, 6.07) is 179. The van der Waals surface area contributed by atoms with Crippen LogP contribution in [0.3, 0.4) is 0 Å². The van der Waals surface area contributed by atoms with Crippen LogP contribution in [0, 0.1) is 0 Å². The summed E-state index contributed by atoms with van der Waals surface area (Å²) in [5.74, 6) is 0. The predicted molar refractivity (Wildman–Crippen MR) is 612 cm³/mol. The first-order valence-electron chi connectivity index (χ1n) is 50.8. The first-order chi connectivity index (χ1) is 71.3. The van der Waals surface area contributed by atoms with Gasteiger partial charge in [-0.1, -0.05) is 381 Å². The SMILES string of the molecule is CC1(C)c2cc(-n3c4ccccc4c4c5ccccc5ccc43)ccc2-c2c(-c3cccc(-n4c5ccccc5c5ccccc54)c3)cccc21.CC1(C)c2cc(-n3c4ccccc4c4ccccc43)ccc2-c2c(-c3ccc(-n4c5ccccc5c5ccccc54)cc3)cccc21.CC1(C)c2cc(-n3c4ccccc4c4ccccc43)ccc2-c2c(-c3cccc(-n4c5ccccc5c5ccccc54)c3)cccc21. The van der Waals surface area contributed by atoms with Crippen LogP contribution in [0.4, 0.5) is 0 Å². The van der Waals surface area contributed by atoms with E-state index in [1.165, 1.54) is 276 Å². The van der Waals surface area contributed by atoms with E-state index in [4.69, 9.17) is 0 Å². The molecule has 0 fully saturated rings. The lowest BCUT2D eigenvalue weighted by molar-refractivity contribution is 0.660. The first kappa shape index (κ1) is 83.8. The maximum absolute atomic E-state index is 2.46. The van der Waals surface area contributed by atoms with Crippen molar-refractivity contribution in [1.29, 1.82) is 0 Å². The molecule has 145 heavy (non-hydrogen) atoms. The molecule has 0 radical (unpaired) electrons. The van der Waals surface area contributed by atoms with Crippen LogP contribution in [0.25, 0.3) is 242 Å². The highest BCUT2D eigenvalue weighted by Crippen LogP contribution is 2.58. The zero-order chi connectivity index (χ0) is 96.4. The summed E-state index contributed by atoms with van der Waals surface area (Å²) in [5.41, 5.74) is 45.4. The topological polar surface area (TPSA) is 29.6 Å². The third-order valence-corrected chi connectivity index (χ3v) is 32.6. The van der Waals surface area contributed by atoms with Crippen LogP contribution in [0.2, 0.25) is 0 Å². The molecule has 0 saturated carbocycles. The number of rotatable bonds is 9. The predicted octanol–water partition coefficient (Wildman–Crippen LogP) is 36.7. The standard InChI is InChI=1S/C49H34N2.2C45H32N2/c1-49(2)41-21-12-20-36(32-14-11-15-33(29-32)50-43-22-8-5-17-37(43)38-18-6-9-23-44(38)50)47(41)39-27-26-34(30-42(39)49)51-45-24-10-7-19-40(45)48-35-16-4-3-13-31(35)25-28-46(48)51;1-45(2)38-20-12-19-32(29-13-11-14-30(27-29)46-40-21-7-3-15-33(40)34-16-4-8-22-41(34)46)44(38)37-26-25-31(28-39(37)45)47-42-23-9-5-17-35(42)36-18-6-10-24-43(36)47;1-45(2)38-17-11-16-32(29-22-24-30(25-23-29)46-40-18-7-3-12-33(40)34-13-4-8-19-41(34)46)44(38)37-27-26-31(28-39(37)45)47-42-20-9-5-14-35(42)36-15-6-10-21-43(36)47/h3-30H,1-2H3;2*3-28H,1-2H3. The van der Waals surface area contributed by atoms with Gasteiger partial charge < -0.3 is 27.4 Å². The van der Waals surface area contributed by atoms with Crippen molar-refractivity contribution in [3.05, 3.63) is 519 Å². The molecule has 0 atom stereocenters. The summed E-state index contributed by atoms with van der Waals surface area (Å²) in [4.78, 5) is 0. The summed E-state index contributed by atoms with van der Waals surface area (Å²) < 4.78 is 14.5. The third-order valence-electron chi connectivity index (χ3n) is 32.6. The van der Waals surface area contributed by atoms with Crippen LogP contribution < -0.4 is 0 Å². The molecule has 6 heteroatoms. The lowest BCUT2D eigenvalue weighted by Crippen LogP contribution is -2.15. The maximum atomic E-state index is 2.46. The Hall–Kier alpha value is -18.1. The van der Waals surface area contributed by atoms with Gasteiger partial charge in [-0.25, -0.2) is 0 Å². The van der Waals surface area contributed by atoms with Crippen molar-refractivity contribution in [1.82, 2.24) is 27.4 Å². The molecule has 0 N–H and O–H groups in total. The Morgan fingerprint density at radius 3 is 0.683 bits per heavy atom. The molecular weight excluding hydrogens is 1750 g/mol. The number of para-hydroxylation sites is 11. The van der Waals surface area contributed by atoms with Crippen LogP contribution in [-0.4, -0.2) is 27.4 Å². The molecule has 6 aromatic heterocycles. The molecule has 3 aliphatic rings.